The lowest BCUT2D eigenvalue weighted by molar-refractivity contribution is -0.113. The van der Waals surface area contributed by atoms with Gasteiger partial charge in [-0.25, -0.2) is 8.42 Å². The zero-order valence-electron chi connectivity index (χ0n) is 15.5. The standard InChI is InChI=1S/C20H16N2O6S/c1-11-7-8-15-13(9-11)18(23)14(10-28-15)21-20(25)17-19(24)12-5-3-4-6-16(12)29(26,27)22(17)2/h3-10,24H,1-2H3,(H,21,25). The van der Waals surface area contributed by atoms with Crippen molar-refractivity contribution in [2.75, 3.05) is 12.4 Å². The SMILES string of the molecule is Cc1ccc2occ(NC(=O)C3=C(O)c4ccccc4S(=O)(=O)N3C)c(=O)c2c1. The Morgan fingerprint density at radius 2 is 1.90 bits per heavy atom. The molecule has 0 atom stereocenters. The topological polar surface area (TPSA) is 117 Å². The van der Waals surface area contributed by atoms with Crippen LogP contribution < -0.4 is 10.7 Å². The molecule has 0 radical (unpaired) electrons. The molecule has 2 aromatic carbocycles. The van der Waals surface area contributed by atoms with Gasteiger partial charge in [0.25, 0.3) is 15.9 Å². The maximum atomic E-state index is 12.8. The number of nitrogens with zero attached hydrogens (tertiary/aromatic N) is 1. The van der Waals surface area contributed by atoms with Crippen LogP contribution in [0.2, 0.25) is 0 Å². The second kappa shape index (κ2) is 6.49. The number of aliphatic hydroxyl groups is 1. The predicted octanol–water partition coefficient (Wildman–Crippen LogP) is 2.60. The minimum Gasteiger partial charge on any atom is -0.505 e. The number of rotatable bonds is 2. The number of nitrogens with one attached hydrogen (secondary N) is 1. The Labute approximate surface area is 165 Å². The van der Waals surface area contributed by atoms with Crippen molar-refractivity contribution >= 4 is 38.3 Å². The number of carbonyl (C=O) groups is 1. The highest BCUT2D eigenvalue weighted by Gasteiger charge is 2.37. The molecule has 148 valence electrons. The zero-order chi connectivity index (χ0) is 20.9. The van der Waals surface area contributed by atoms with Gasteiger partial charge in [-0.2, -0.15) is 0 Å². The summed E-state index contributed by atoms with van der Waals surface area (Å²) in [6, 6.07) is 10.9. The van der Waals surface area contributed by atoms with Gasteiger partial charge in [-0.1, -0.05) is 23.8 Å². The van der Waals surface area contributed by atoms with Gasteiger partial charge < -0.3 is 14.8 Å². The molecule has 0 saturated carbocycles. The number of amides is 1. The van der Waals surface area contributed by atoms with E-state index < -0.39 is 32.8 Å². The predicted molar refractivity (Wildman–Crippen MR) is 107 cm³/mol. The molecule has 8 nitrogen and oxygen atoms in total. The van der Waals surface area contributed by atoms with Gasteiger partial charge in [0.1, 0.15) is 17.5 Å². The van der Waals surface area contributed by atoms with Gasteiger partial charge >= 0.3 is 0 Å². The van der Waals surface area contributed by atoms with Crippen molar-refractivity contribution in [3.63, 3.8) is 0 Å². The molecule has 0 spiro atoms. The lowest BCUT2D eigenvalue weighted by atomic mass is 10.1. The third-order valence-corrected chi connectivity index (χ3v) is 6.53. The second-order valence-electron chi connectivity index (χ2n) is 6.60. The summed E-state index contributed by atoms with van der Waals surface area (Å²) >= 11 is 0. The van der Waals surface area contributed by atoms with E-state index in [4.69, 9.17) is 4.42 Å². The number of sulfonamides is 1. The minimum atomic E-state index is -4.04. The lowest BCUT2D eigenvalue weighted by Crippen LogP contribution is -2.37. The summed E-state index contributed by atoms with van der Waals surface area (Å²) in [7, 11) is -2.88. The summed E-state index contributed by atoms with van der Waals surface area (Å²) < 4.78 is 31.5. The number of benzene rings is 2. The van der Waals surface area contributed by atoms with Crippen LogP contribution in [-0.2, 0) is 14.8 Å². The quantitative estimate of drug-likeness (QED) is 0.668. The van der Waals surface area contributed by atoms with Gasteiger partial charge in [0.05, 0.1) is 10.3 Å². The average Bonchev–Trinajstić information content (AvgIpc) is 2.69. The molecule has 0 saturated heterocycles. The number of aliphatic hydroxyl groups excluding tert-OH is 1. The highest BCUT2D eigenvalue weighted by molar-refractivity contribution is 7.89. The molecule has 2 heterocycles. The van der Waals surface area contributed by atoms with Crippen molar-refractivity contribution in [1.29, 1.82) is 0 Å². The second-order valence-corrected chi connectivity index (χ2v) is 8.54. The van der Waals surface area contributed by atoms with Crippen LogP contribution in [0.15, 0.2) is 68.5 Å². The smallest absolute Gasteiger partial charge is 0.277 e. The van der Waals surface area contributed by atoms with E-state index >= 15 is 0 Å². The fourth-order valence-electron chi connectivity index (χ4n) is 3.19. The molecule has 0 fully saturated rings. The van der Waals surface area contributed by atoms with Gasteiger partial charge in [0.15, 0.2) is 11.5 Å². The first-order valence-corrected chi connectivity index (χ1v) is 10.0. The third-order valence-electron chi connectivity index (χ3n) is 4.71. The summed E-state index contributed by atoms with van der Waals surface area (Å²) in [5, 5.41) is 13.2. The van der Waals surface area contributed by atoms with Gasteiger partial charge in [-0.3, -0.25) is 13.9 Å². The van der Waals surface area contributed by atoms with E-state index in [0.717, 1.165) is 18.9 Å². The summed E-state index contributed by atoms with van der Waals surface area (Å²) in [4.78, 5) is 25.4. The van der Waals surface area contributed by atoms with Crippen LogP contribution in [0, 0.1) is 6.92 Å². The maximum Gasteiger partial charge on any atom is 0.277 e. The maximum absolute atomic E-state index is 12.8. The largest absolute Gasteiger partial charge is 0.505 e. The van der Waals surface area contributed by atoms with E-state index in [1.807, 2.05) is 6.92 Å². The summed E-state index contributed by atoms with van der Waals surface area (Å²) in [6.45, 7) is 1.81. The molecule has 2 N–H and O–H groups in total. The van der Waals surface area contributed by atoms with E-state index in [2.05, 4.69) is 5.32 Å². The van der Waals surface area contributed by atoms with E-state index in [9.17, 15) is 23.1 Å². The Morgan fingerprint density at radius 3 is 2.66 bits per heavy atom. The van der Waals surface area contributed by atoms with Gasteiger partial charge in [-0.05, 0) is 31.2 Å². The van der Waals surface area contributed by atoms with Crippen LogP contribution in [0.25, 0.3) is 16.7 Å². The first-order valence-electron chi connectivity index (χ1n) is 8.57. The summed E-state index contributed by atoms with van der Waals surface area (Å²) in [6.07, 6.45) is 1.08. The van der Waals surface area contributed by atoms with Crippen LogP contribution in [0.1, 0.15) is 11.1 Å². The van der Waals surface area contributed by atoms with Crippen molar-refractivity contribution in [1.82, 2.24) is 4.31 Å². The van der Waals surface area contributed by atoms with Crippen LogP contribution >= 0.6 is 0 Å². The first kappa shape index (κ1) is 18.8. The number of anilines is 1. The lowest BCUT2D eigenvalue weighted by Gasteiger charge is -2.28. The Bertz CT molecular complexity index is 1370. The van der Waals surface area contributed by atoms with Crippen LogP contribution in [-0.4, -0.2) is 30.8 Å². The van der Waals surface area contributed by atoms with Gasteiger partial charge in [-0.15, -0.1) is 0 Å². The van der Waals surface area contributed by atoms with Gasteiger partial charge in [0, 0.05) is 12.6 Å². The molecule has 1 aliphatic rings. The number of aryl methyl sites for hydroxylation is 1. The zero-order valence-corrected chi connectivity index (χ0v) is 16.3. The molecular formula is C20H16N2O6S. The fraction of sp³-hybridized carbons (Fsp3) is 0.100. The molecule has 0 bridgehead atoms. The monoisotopic (exact) mass is 412 g/mol. The van der Waals surface area contributed by atoms with Crippen molar-refractivity contribution in [2.24, 2.45) is 0 Å². The molecule has 1 amide bonds. The Morgan fingerprint density at radius 1 is 1.17 bits per heavy atom. The summed E-state index contributed by atoms with van der Waals surface area (Å²) in [5.41, 5.74) is 0.0582. The van der Waals surface area contributed by atoms with E-state index in [1.165, 1.54) is 18.2 Å². The van der Waals surface area contributed by atoms with Crippen molar-refractivity contribution in [3.8, 4) is 0 Å². The highest BCUT2D eigenvalue weighted by Crippen LogP contribution is 2.34. The molecule has 1 aromatic heterocycles. The van der Waals surface area contributed by atoms with Crippen LogP contribution in [0.3, 0.4) is 0 Å². The Hall–Kier alpha value is -3.59. The number of fused-ring (bicyclic) bond motifs is 2. The van der Waals surface area contributed by atoms with Gasteiger partial charge in [0.2, 0.25) is 5.43 Å². The highest BCUT2D eigenvalue weighted by atomic mass is 32.2. The molecule has 3 aromatic rings. The Kier molecular flexibility index (Phi) is 4.20. The normalized spacial score (nSPS) is 15.3. The van der Waals surface area contributed by atoms with E-state index in [-0.39, 0.29) is 21.5 Å². The van der Waals surface area contributed by atoms with Crippen molar-refractivity contribution in [3.05, 3.63) is 75.8 Å². The molecule has 1 aliphatic heterocycles. The number of likely N-dealkylation sites (N-methyl/N-ethyl adjacent to an activating group) is 1. The molecule has 0 aliphatic carbocycles. The molecule has 29 heavy (non-hydrogen) atoms. The van der Waals surface area contributed by atoms with Crippen molar-refractivity contribution in [2.45, 2.75) is 11.8 Å². The minimum absolute atomic E-state index is 0.0110. The third kappa shape index (κ3) is 2.87. The van der Waals surface area contributed by atoms with Crippen molar-refractivity contribution < 1.29 is 22.7 Å². The molecule has 0 unspecified atom stereocenters. The number of carbonyl (C=O) groups excluding carboxylic acids is 1. The fourth-order valence-corrected chi connectivity index (χ4v) is 4.59. The molecular weight excluding hydrogens is 396 g/mol. The molecule has 9 heteroatoms. The number of hydrogen-bond acceptors (Lipinski definition) is 6. The van der Waals surface area contributed by atoms with Crippen LogP contribution in [0.5, 0.6) is 0 Å². The number of hydrogen-bond donors (Lipinski definition) is 2. The average molecular weight is 412 g/mol. The van der Waals surface area contributed by atoms with E-state index in [0.29, 0.717) is 9.89 Å². The summed E-state index contributed by atoms with van der Waals surface area (Å²) in [5.74, 6) is -1.46. The first-order chi connectivity index (χ1) is 13.7. The van der Waals surface area contributed by atoms with Crippen LogP contribution in [0.4, 0.5) is 5.69 Å². The molecule has 4 rings (SSSR count). The van der Waals surface area contributed by atoms with E-state index in [1.54, 1.807) is 24.3 Å². The Balaban J connectivity index is 1.81.